The topological polar surface area (TPSA) is 66.5 Å². The SMILES string of the molecule is CNS(=O)(=O)c1ccc(C(=O)N2CCCC(C)C2)cc1. The number of carbonyl (C=O) groups is 1. The van der Waals surface area contributed by atoms with Crippen LogP contribution < -0.4 is 4.72 Å². The van der Waals surface area contributed by atoms with E-state index in [1.807, 2.05) is 4.90 Å². The van der Waals surface area contributed by atoms with Crippen LogP contribution in [0.1, 0.15) is 30.1 Å². The number of hydrogen-bond acceptors (Lipinski definition) is 3. The van der Waals surface area contributed by atoms with Crippen LogP contribution in [0.2, 0.25) is 0 Å². The minimum absolute atomic E-state index is 0.0232. The van der Waals surface area contributed by atoms with Crippen LogP contribution in [0.15, 0.2) is 29.2 Å². The molecule has 20 heavy (non-hydrogen) atoms. The number of carbonyl (C=O) groups excluding carboxylic acids is 1. The summed E-state index contributed by atoms with van der Waals surface area (Å²) in [6.07, 6.45) is 2.18. The zero-order valence-corrected chi connectivity index (χ0v) is 12.6. The van der Waals surface area contributed by atoms with Crippen LogP contribution in [0.5, 0.6) is 0 Å². The van der Waals surface area contributed by atoms with Gasteiger partial charge in [0.1, 0.15) is 0 Å². The zero-order chi connectivity index (χ0) is 14.8. The molecular weight excluding hydrogens is 276 g/mol. The van der Waals surface area contributed by atoms with Crippen molar-refractivity contribution in [3.8, 4) is 0 Å². The number of hydrogen-bond donors (Lipinski definition) is 1. The van der Waals surface area contributed by atoms with E-state index in [0.717, 1.165) is 25.9 Å². The highest BCUT2D eigenvalue weighted by molar-refractivity contribution is 7.89. The second kappa shape index (κ2) is 5.93. The fourth-order valence-electron chi connectivity index (χ4n) is 2.45. The first-order valence-electron chi connectivity index (χ1n) is 6.77. The molecule has 1 aromatic rings. The van der Waals surface area contributed by atoms with Crippen LogP contribution in [-0.4, -0.2) is 39.4 Å². The normalized spacial score (nSPS) is 19.9. The monoisotopic (exact) mass is 296 g/mol. The van der Waals surface area contributed by atoms with Crippen molar-refractivity contribution in [2.24, 2.45) is 5.92 Å². The number of benzene rings is 1. The Hall–Kier alpha value is -1.40. The number of piperidine rings is 1. The summed E-state index contributed by atoms with van der Waals surface area (Å²) in [6.45, 7) is 3.69. The van der Waals surface area contributed by atoms with E-state index in [9.17, 15) is 13.2 Å². The molecule has 1 atom stereocenters. The van der Waals surface area contributed by atoms with E-state index in [1.165, 1.54) is 19.2 Å². The van der Waals surface area contributed by atoms with Gasteiger partial charge in [-0.2, -0.15) is 0 Å². The van der Waals surface area contributed by atoms with Gasteiger partial charge in [0.25, 0.3) is 5.91 Å². The minimum atomic E-state index is -3.45. The summed E-state index contributed by atoms with van der Waals surface area (Å²) in [6, 6.07) is 6.08. The van der Waals surface area contributed by atoms with Crippen molar-refractivity contribution in [3.63, 3.8) is 0 Å². The highest BCUT2D eigenvalue weighted by atomic mass is 32.2. The predicted molar refractivity (Wildman–Crippen MR) is 77.0 cm³/mol. The Morgan fingerprint density at radius 2 is 1.95 bits per heavy atom. The summed E-state index contributed by atoms with van der Waals surface area (Å²) >= 11 is 0. The number of likely N-dealkylation sites (tertiary alicyclic amines) is 1. The van der Waals surface area contributed by atoms with Crippen LogP contribution in [0.25, 0.3) is 0 Å². The number of nitrogens with zero attached hydrogens (tertiary/aromatic N) is 1. The first-order chi connectivity index (χ1) is 9.44. The Balaban J connectivity index is 2.16. The molecule has 110 valence electrons. The van der Waals surface area contributed by atoms with Crippen molar-refractivity contribution in [1.82, 2.24) is 9.62 Å². The maximum atomic E-state index is 12.3. The largest absolute Gasteiger partial charge is 0.338 e. The van der Waals surface area contributed by atoms with E-state index >= 15 is 0 Å². The lowest BCUT2D eigenvalue weighted by Crippen LogP contribution is -2.39. The first kappa shape index (κ1) is 15.0. The van der Waals surface area contributed by atoms with Gasteiger partial charge in [-0.05, 0) is 50.1 Å². The Kier molecular flexibility index (Phi) is 4.45. The third-order valence-electron chi connectivity index (χ3n) is 3.62. The van der Waals surface area contributed by atoms with Gasteiger partial charge in [0.05, 0.1) is 4.90 Å². The molecule has 1 aliphatic heterocycles. The zero-order valence-electron chi connectivity index (χ0n) is 11.8. The second-order valence-electron chi connectivity index (χ2n) is 5.23. The molecule has 1 heterocycles. The summed E-state index contributed by atoms with van der Waals surface area (Å²) in [4.78, 5) is 14.3. The van der Waals surface area contributed by atoms with E-state index in [-0.39, 0.29) is 10.8 Å². The molecule has 2 rings (SSSR count). The summed E-state index contributed by atoms with van der Waals surface area (Å²) in [5.74, 6) is 0.501. The van der Waals surface area contributed by atoms with Crippen molar-refractivity contribution in [2.45, 2.75) is 24.7 Å². The molecule has 1 aromatic carbocycles. The summed E-state index contributed by atoms with van der Waals surface area (Å²) in [7, 11) is -2.08. The van der Waals surface area contributed by atoms with Crippen LogP contribution in [0.3, 0.4) is 0 Å². The molecule has 1 unspecified atom stereocenters. The molecule has 1 N–H and O–H groups in total. The maximum Gasteiger partial charge on any atom is 0.253 e. The molecule has 0 aromatic heterocycles. The highest BCUT2D eigenvalue weighted by Crippen LogP contribution is 2.18. The highest BCUT2D eigenvalue weighted by Gasteiger charge is 2.22. The average molecular weight is 296 g/mol. The smallest absolute Gasteiger partial charge is 0.253 e. The number of rotatable bonds is 3. The Labute approximate surface area is 120 Å². The van der Waals surface area contributed by atoms with Gasteiger partial charge >= 0.3 is 0 Å². The standard InChI is InChI=1S/C14H20N2O3S/c1-11-4-3-9-16(10-11)14(17)12-5-7-13(8-6-12)20(18,19)15-2/h5-8,11,15H,3-4,9-10H2,1-2H3. The van der Waals surface area contributed by atoms with Crippen LogP contribution in [0.4, 0.5) is 0 Å². The van der Waals surface area contributed by atoms with E-state index in [0.29, 0.717) is 11.5 Å². The maximum absolute atomic E-state index is 12.3. The number of nitrogens with one attached hydrogen (secondary N) is 1. The van der Waals surface area contributed by atoms with Gasteiger partial charge in [-0.1, -0.05) is 6.92 Å². The van der Waals surface area contributed by atoms with Crippen LogP contribution in [-0.2, 0) is 10.0 Å². The number of amides is 1. The molecular formula is C14H20N2O3S. The Morgan fingerprint density at radius 1 is 1.30 bits per heavy atom. The molecule has 0 radical (unpaired) electrons. The molecule has 0 aliphatic carbocycles. The van der Waals surface area contributed by atoms with Crippen molar-refractivity contribution in [3.05, 3.63) is 29.8 Å². The third-order valence-corrected chi connectivity index (χ3v) is 5.05. The van der Waals surface area contributed by atoms with Crippen molar-refractivity contribution in [1.29, 1.82) is 0 Å². The fraction of sp³-hybridized carbons (Fsp3) is 0.500. The molecule has 1 saturated heterocycles. The lowest BCUT2D eigenvalue weighted by atomic mass is 9.99. The van der Waals surface area contributed by atoms with Crippen LogP contribution >= 0.6 is 0 Å². The van der Waals surface area contributed by atoms with Crippen LogP contribution in [0, 0.1) is 5.92 Å². The van der Waals surface area contributed by atoms with E-state index in [2.05, 4.69) is 11.6 Å². The van der Waals surface area contributed by atoms with Crippen molar-refractivity contribution in [2.75, 3.05) is 20.1 Å². The van der Waals surface area contributed by atoms with Gasteiger partial charge in [0.15, 0.2) is 0 Å². The quantitative estimate of drug-likeness (QED) is 0.918. The first-order valence-corrected chi connectivity index (χ1v) is 8.25. The van der Waals surface area contributed by atoms with Gasteiger partial charge in [-0.25, -0.2) is 13.1 Å². The molecule has 1 aliphatic rings. The molecule has 5 nitrogen and oxygen atoms in total. The molecule has 0 bridgehead atoms. The Bertz CT molecular complexity index is 581. The van der Waals surface area contributed by atoms with Gasteiger partial charge in [0, 0.05) is 18.7 Å². The summed E-state index contributed by atoms with van der Waals surface area (Å²) in [5, 5.41) is 0. The van der Waals surface area contributed by atoms with Gasteiger partial charge in [-0.15, -0.1) is 0 Å². The predicted octanol–water partition coefficient (Wildman–Crippen LogP) is 1.47. The minimum Gasteiger partial charge on any atom is -0.338 e. The molecule has 0 saturated carbocycles. The molecule has 6 heteroatoms. The van der Waals surface area contributed by atoms with Crippen molar-refractivity contribution >= 4 is 15.9 Å². The van der Waals surface area contributed by atoms with Gasteiger partial charge in [0.2, 0.25) is 10.0 Å². The number of sulfonamides is 1. The van der Waals surface area contributed by atoms with Gasteiger partial charge < -0.3 is 4.90 Å². The average Bonchev–Trinajstić information content (AvgIpc) is 2.46. The molecule has 1 amide bonds. The Morgan fingerprint density at radius 3 is 2.50 bits per heavy atom. The van der Waals surface area contributed by atoms with E-state index in [1.54, 1.807) is 12.1 Å². The van der Waals surface area contributed by atoms with E-state index < -0.39 is 10.0 Å². The lowest BCUT2D eigenvalue weighted by molar-refractivity contribution is 0.0683. The van der Waals surface area contributed by atoms with E-state index in [4.69, 9.17) is 0 Å². The summed E-state index contributed by atoms with van der Waals surface area (Å²) < 4.78 is 25.5. The summed E-state index contributed by atoms with van der Waals surface area (Å²) in [5.41, 5.74) is 0.536. The van der Waals surface area contributed by atoms with Crippen molar-refractivity contribution < 1.29 is 13.2 Å². The lowest BCUT2D eigenvalue weighted by Gasteiger charge is -2.31. The van der Waals surface area contributed by atoms with Gasteiger partial charge in [-0.3, -0.25) is 4.79 Å². The fourth-order valence-corrected chi connectivity index (χ4v) is 3.18. The molecule has 1 fully saturated rings. The second-order valence-corrected chi connectivity index (χ2v) is 7.12. The molecule has 0 spiro atoms. The third kappa shape index (κ3) is 3.19.